The number of aromatic nitrogens is 1. The lowest BCUT2D eigenvalue weighted by Crippen LogP contribution is -2.63. The topological polar surface area (TPSA) is 66.1 Å². The van der Waals surface area contributed by atoms with Crippen LogP contribution in [-0.4, -0.2) is 16.4 Å². The Morgan fingerprint density at radius 1 is 0.909 bits per heavy atom. The number of rotatable bonds is 6. The molecule has 3 fully saturated rings. The molecule has 0 unspecified atom stereocenters. The maximum Gasteiger partial charge on any atom is 0.255 e. The van der Waals surface area contributed by atoms with Crippen molar-refractivity contribution in [2.75, 3.05) is 16.0 Å². The van der Waals surface area contributed by atoms with E-state index in [1.165, 1.54) is 31.4 Å². The molecule has 0 aliphatic heterocycles. The molecule has 3 saturated carbocycles. The molecule has 7 rings (SSSR count). The molecule has 1 heterocycles. The zero-order chi connectivity index (χ0) is 22.4. The van der Waals surface area contributed by atoms with E-state index in [0.717, 1.165) is 28.7 Å². The monoisotopic (exact) mass is 438 g/mol. The number of amides is 1. The zero-order valence-corrected chi connectivity index (χ0v) is 17.9. The summed E-state index contributed by atoms with van der Waals surface area (Å²) in [6, 6.07) is 21.4. The van der Waals surface area contributed by atoms with Gasteiger partial charge in [0.25, 0.3) is 5.91 Å². The Hall–Kier alpha value is -3.93. The number of benzene rings is 3. The Bertz CT molecular complexity index is 1350. The van der Waals surface area contributed by atoms with Gasteiger partial charge in [0, 0.05) is 45.4 Å². The summed E-state index contributed by atoms with van der Waals surface area (Å²) in [4.78, 5) is 17.0. The maximum atomic E-state index is 13.7. The summed E-state index contributed by atoms with van der Waals surface area (Å²) in [5.41, 5.74) is 4.93. The van der Waals surface area contributed by atoms with Gasteiger partial charge in [-0.1, -0.05) is 6.07 Å². The highest BCUT2D eigenvalue weighted by Crippen LogP contribution is 2.58. The zero-order valence-electron chi connectivity index (χ0n) is 17.9. The number of carbonyl (C=O) groups excluding carboxylic acids is 1. The molecule has 164 valence electrons. The first kappa shape index (κ1) is 19.7. The summed E-state index contributed by atoms with van der Waals surface area (Å²) in [5.74, 6) is 0.436. The van der Waals surface area contributed by atoms with Crippen molar-refractivity contribution in [1.29, 1.82) is 0 Å². The summed E-state index contributed by atoms with van der Waals surface area (Å²) < 4.78 is 13.7. The van der Waals surface area contributed by atoms with Crippen LogP contribution in [0.3, 0.4) is 0 Å². The summed E-state index contributed by atoms with van der Waals surface area (Å²) >= 11 is 0. The molecule has 3 N–H and O–H groups in total. The van der Waals surface area contributed by atoms with E-state index in [2.05, 4.69) is 20.9 Å². The van der Waals surface area contributed by atoms with Crippen LogP contribution < -0.4 is 16.0 Å². The number of pyridine rings is 1. The van der Waals surface area contributed by atoms with Crippen LogP contribution in [-0.2, 0) is 0 Å². The molecule has 0 spiro atoms. The van der Waals surface area contributed by atoms with Gasteiger partial charge in [-0.2, -0.15) is 0 Å². The second-order valence-electron chi connectivity index (χ2n) is 9.14. The number of hydrogen-bond donors (Lipinski definition) is 3. The fraction of sp³-hybridized carbons (Fsp3) is 0.185. The van der Waals surface area contributed by atoms with Gasteiger partial charge in [-0.15, -0.1) is 0 Å². The number of halogens is 1. The van der Waals surface area contributed by atoms with Crippen molar-refractivity contribution in [2.24, 2.45) is 5.92 Å². The van der Waals surface area contributed by atoms with Gasteiger partial charge in [-0.05, 0) is 91.9 Å². The van der Waals surface area contributed by atoms with Crippen LogP contribution in [0.15, 0.2) is 79.0 Å². The largest absolute Gasteiger partial charge is 0.380 e. The van der Waals surface area contributed by atoms with Crippen molar-refractivity contribution in [3.63, 3.8) is 0 Å². The summed E-state index contributed by atoms with van der Waals surface area (Å²) in [7, 11) is 0. The highest BCUT2D eigenvalue weighted by atomic mass is 19.1. The molecule has 1 amide bonds. The first-order chi connectivity index (χ1) is 16.1. The van der Waals surface area contributed by atoms with Gasteiger partial charge in [-0.25, -0.2) is 4.39 Å². The first-order valence-corrected chi connectivity index (χ1v) is 11.2. The number of nitrogens with zero attached hydrogens (tertiary/aromatic N) is 1. The second kappa shape index (κ2) is 7.59. The van der Waals surface area contributed by atoms with Crippen LogP contribution in [0.25, 0.3) is 10.9 Å². The van der Waals surface area contributed by atoms with Gasteiger partial charge < -0.3 is 16.0 Å². The van der Waals surface area contributed by atoms with Gasteiger partial charge in [0.1, 0.15) is 5.82 Å². The minimum atomic E-state index is -0.311. The maximum absolute atomic E-state index is 13.7. The standard InChI is InChI=1S/C27H23FN4O/c28-19-6-9-24-23(12-19)25(10-11-29-24)30-20-7-4-18(5-8-20)26(33)31-21-2-1-3-22(13-21)32-27-14-17(15-27)16-27/h1-13,17,32H,14-16H2,(H,29,30)(H,31,33). The number of nitrogens with one attached hydrogen (secondary N) is 3. The first-order valence-electron chi connectivity index (χ1n) is 11.2. The fourth-order valence-electron chi connectivity index (χ4n) is 4.90. The van der Waals surface area contributed by atoms with Crippen molar-refractivity contribution < 1.29 is 9.18 Å². The molecule has 4 aromatic rings. The van der Waals surface area contributed by atoms with Crippen molar-refractivity contribution in [1.82, 2.24) is 4.98 Å². The molecule has 33 heavy (non-hydrogen) atoms. The third-order valence-corrected chi connectivity index (χ3v) is 6.70. The van der Waals surface area contributed by atoms with Crippen LogP contribution in [0.2, 0.25) is 0 Å². The van der Waals surface area contributed by atoms with Crippen LogP contribution in [0, 0.1) is 11.7 Å². The smallest absolute Gasteiger partial charge is 0.255 e. The van der Waals surface area contributed by atoms with Crippen molar-refractivity contribution >= 4 is 39.6 Å². The lowest BCUT2D eigenvalue weighted by molar-refractivity contribution is 0.00214. The van der Waals surface area contributed by atoms with Crippen LogP contribution >= 0.6 is 0 Å². The van der Waals surface area contributed by atoms with E-state index in [0.29, 0.717) is 22.0 Å². The van der Waals surface area contributed by atoms with Crippen molar-refractivity contribution in [2.45, 2.75) is 24.8 Å². The van der Waals surface area contributed by atoms with E-state index in [9.17, 15) is 9.18 Å². The summed E-state index contributed by atoms with van der Waals surface area (Å²) in [5, 5.41) is 10.6. The fourth-order valence-corrected chi connectivity index (χ4v) is 4.90. The number of fused-ring (bicyclic) bond motifs is 1. The number of hydrogen-bond acceptors (Lipinski definition) is 4. The molecule has 1 aromatic heterocycles. The van der Waals surface area contributed by atoms with Crippen LogP contribution in [0.5, 0.6) is 0 Å². The van der Waals surface area contributed by atoms with E-state index < -0.39 is 0 Å². The number of carbonyl (C=O) groups is 1. The molecule has 0 radical (unpaired) electrons. The Balaban J connectivity index is 1.14. The molecule has 3 aliphatic rings. The van der Waals surface area contributed by atoms with Crippen molar-refractivity contribution in [3.8, 4) is 0 Å². The SMILES string of the molecule is O=C(Nc1cccc(NC23CC(C2)C3)c1)c1ccc(Nc2ccnc3ccc(F)cc23)cc1. The lowest BCUT2D eigenvalue weighted by atomic mass is 9.50. The van der Waals surface area contributed by atoms with Gasteiger partial charge in [0.2, 0.25) is 0 Å². The predicted molar refractivity (Wildman–Crippen MR) is 130 cm³/mol. The summed E-state index contributed by atoms with van der Waals surface area (Å²) in [6.45, 7) is 0. The van der Waals surface area contributed by atoms with Crippen LogP contribution in [0.1, 0.15) is 29.6 Å². The quantitative estimate of drug-likeness (QED) is 0.329. The van der Waals surface area contributed by atoms with E-state index in [-0.39, 0.29) is 11.7 Å². The highest BCUT2D eigenvalue weighted by molar-refractivity contribution is 6.04. The molecule has 3 aromatic carbocycles. The minimum Gasteiger partial charge on any atom is -0.380 e. The molecular weight excluding hydrogens is 415 g/mol. The summed E-state index contributed by atoms with van der Waals surface area (Å²) in [6.07, 6.45) is 5.46. The Labute approximate surface area is 191 Å². The Kier molecular flexibility index (Phi) is 4.54. The third kappa shape index (κ3) is 3.78. The average Bonchev–Trinajstić information content (AvgIpc) is 2.77. The lowest BCUT2D eigenvalue weighted by Gasteiger charge is -2.62. The molecule has 0 saturated heterocycles. The van der Waals surface area contributed by atoms with Gasteiger partial charge in [-0.3, -0.25) is 9.78 Å². The molecular formula is C27H23FN4O. The molecule has 3 aliphatic carbocycles. The third-order valence-electron chi connectivity index (χ3n) is 6.70. The highest BCUT2D eigenvalue weighted by Gasteiger charge is 2.56. The predicted octanol–water partition coefficient (Wildman–Crippen LogP) is 6.33. The molecule has 0 atom stereocenters. The second-order valence-corrected chi connectivity index (χ2v) is 9.14. The minimum absolute atomic E-state index is 0.166. The molecule has 6 heteroatoms. The van der Waals surface area contributed by atoms with Gasteiger partial charge >= 0.3 is 0 Å². The van der Waals surface area contributed by atoms with E-state index >= 15 is 0 Å². The Morgan fingerprint density at radius 3 is 2.45 bits per heavy atom. The molecule has 2 bridgehead atoms. The normalized spacial score (nSPS) is 20.5. The van der Waals surface area contributed by atoms with Crippen LogP contribution in [0.4, 0.5) is 27.1 Å². The molecule has 5 nitrogen and oxygen atoms in total. The van der Waals surface area contributed by atoms with E-state index in [1.54, 1.807) is 30.5 Å². The van der Waals surface area contributed by atoms with Crippen molar-refractivity contribution in [3.05, 3.63) is 90.4 Å². The average molecular weight is 439 g/mol. The van der Waals surface area contributed by atoms with Gasteiger partial charge in [0.05, 0.1) is 5.52 Å². The van der Waals surface area contributed by atoms with E-state index in [1.807, 2.05) is 36.4 Å². The van der Waals surface area contributed by atoms with E-state index in [4.69, 9.17) is 0 Å². The Morgan fingerprint density at radius 2 is 1.70 bits per heavy atom. The van der Waals surface area contributed by atoms with Gasteiger partial charge in [0.15, 0.2) is 0 Å². The number of anilines is 4.